The highest BCUT2D eigenvalue weighted by atomic mass is 35.5. The highest BCUT2D eigenvalue weighted by Crippen LogP contribution is 2.29. The summed E-state index contributed by atoms with van der Waals surface area (Å²) in [6.07, 6.45) is 3.60. The van der Waals surface area contributed by atoms with Crippen LogP contribution in [0.1, 0.15) is 41.2 Å². The number of hydrogen-bond acceptors (Lipinski definition) is 1. The predicted molar refractivity (Wildman–Crippen MR) is 78.6 cm³/mol. The molecule has 0 radical (unpaired) electrons. The van der Waals surface area contributed by atoms with Gasteiger partial charge in [0.05, 0.1) is 0 Å². The first-order chi connectivity index (χ1) is 9.65. The second-order valence-corrected chi connectivity index (χ2v) is 5.74. The number of hydrogen-bond donors (Lipinski definition) is 1. The number of aliphatic hydroxyl groups is 1. The van der Waals surface area contributed by atoms with Crippen LogP contribution in [0.3, 0.4) is 0 Å². The zero-order valence-corrected chi connectivity index (χ0v) is 11.8. The average molecular weight is 291 g/mol. The van der Waals surface area contributed by atoms with E-state index in [1.54, 1.807) is 12.1 Å². The Morgan fingerprint density at radius 3 is 2.50 bits per heavy atom. The molecule has 0 bridgehead atoms. The van der Waals surface area contributed by atoms with Crippen molar-refractivity contribution in [3.8, 4) is 0 Å². The maximum absolute atomic E-state index is 13.9. The first kappa shape index (κ1) is 13.6. The van der Waals surface area contributed by atoms with Crippen molar-refractivity contribution in [2.75, 3.05) is 0 Å². The summed E-state index contributed by atoms with van der Waals surface area (Å²) in [5.41, 5.74) is 3.64. The quantitative estimate of drug-likeness (QED) is 0.867. The second kappa shape index (κ2) is 5.55. The van der Waals surface area contributed by atoms with Gasteiger partial charge in [0.25, 0.3) is 0 Å². The molecule has 0 aliphatic heterocycles. The van der Waals surface area contributed by atoms with Crippen LogP contribution in [0.2, 0.25) is 5.02 Å². The molecule has 0 spiro atoms. The lowest BCUT2D eigenvalue weighted by Gasteiger charge is -2.19. The highest BCUT2D eigenvalue weighted by molar-refractivity contribution is 6.30. The Hall–Kier alpha value is -1.38. The van der Waals surface area contributed by atoms with Gasteiger partial charge in [0, 0.05) is 10.6 Å². The summed E-state index contributed by atoms with van der Waals surface area (Å²) in [5.74, 6) is -0.470. The molecule has 1 nitrogen and oxygen atoms in total. The molecule has 1 aliphatic rings. The number of aryl methyl sites for hydroxylation is 2. The van der Waals surface area contributed by atoms with E-state index in [4.69, 9.17) is 11.6 Å². The van der Waals surface area contributed by atoms with Gasteiger partial charge in [-0.1, -0.05) is 35.9 Å². The molecule has 104 valence electrons. The van der Waals surface area contributed by atoms with E-state index in [1.165, 1.54) is 30.0 Å². The van der Waals surface area contributed by atoms with Crippen LogP contribution < -0.4 is 0 Å². The molecule has 0 fully saturated rings. The molecule has 2 aromatic carbocycles. The third-order valence-corrected chi connectivity index (χ3v) is 4.18. The lowest BCUT2D eigenvalue weighted by atomic mass is 9.88. The summed E-state index contributed by atoms with van der Waals surface area (Å²) >= 11 is 5.74. The van der Waals surface area contributed by atoms with Crippen LogP contribution in [0.15, 0.2) is 36.4 Å². The summed E-state index contributed by atoms with van der Waals surface area (Å²) in [5, 5.41) is 10.7. The molecule has 0 saturated carbocycles. The van der Waals surface area contributed by atoms with Gasteiger partial charge in [-0.15, -0.1) is 0 Å². The average Bonchev–Trinajstić information content (AvgIpc) is 2.46. The van der Waals surface area contributed by atoms with Gasteiger partial charge in [-0.05, 0) is 54.5 Å². The smallest absolute Gasteiger partial charge is 0.130 e. The van der Waals surface area contributed by atoms with Crippen molar-refractivity contribution >= 4 is 11.6 Å². The summed E-state index contributed by atoms with van der Waals surface area (Å²) in [6, 6.07) is 10.3. The topological polar surface area (TPSA) is 20.2 Å². The van der Waals surface area contributed by atoms with Gasteiger partial charge in [-0.25, -0.2) is 4.39 Å². The molecule has 2 aromatic rings. The minimum absolute atomic E-state index is 0.269. The lowest BCUT2D eigenvalue weighted by molar-refractivity contribution is 0.215. The van der Waals surface area contributed by atoms with Crippen LogP contribution in [-0.4, -0.2) is 5.11 Å². The van der Waals surface area contributed by atoms with Gasteiger partial charge in [0.15, 0.2) is 0 Å². The predicted octanol–water partition coefficient (Wildman–Crippen LogP) is 4.44. The molecule has 1 unspecified atom stereocenters. The number of benzene rings is 2. The molecule has 0 amide bonds. The molecular weight excluding hydrogens is 275 g/mol. The fraction of sp³-hybridized carbons (Fsp3) is 0.294. The fourth-order valence-corrected chi connectivity index (χ4v) is 2.99. The van der Waals surface area contributed by atoms with Gasteiger partial charge in [0.1, 0.15) is 11.9 Å². The van der Waals surface area contributed by atoms with Crippen molar-refractivity contribution in [2.45, 2.75) is 31.8 Å². The van der Waals surface area contributed by atoms with Gasteiger partial charge in [-0.3, -0.25) is 0 Å². The Morgan fingerprint density at radius 2 is 1.75 bits per heavy atom. The molecule has 3 heteroatoms. The van der Waals surface area contributed by atoms with Gasteiger partial charge in [-0.2, -0.15) is 0 Å². The van der Waals surface area contributed by atoms with Gasteiger partial charge < -0.3 is 5.11 Å². The largest absolute Gasteiger partial charge is 0.384 e. The van der Waals surface area contributed by atoms with Gasteiger partial charge >= 0.3 is 0 Å². The van der Waals surface area contributed by atoms with E-state index >= 15 is 0 Å². The molecule has 0 heterocycles. The van der Waals surface area contributed by atoms with Crippen LogP contribution in [-0.2, 0) is 12.8 Å². The standard InChI is InChI=1S/C17H16ClFO/c18-14-7-8-15(16(19)10-14)17(20)13-6-5-11-3-1-2-4-12(11)9-13/h5-10,17,20H,1-4H2. The summed E-state index contributed by atoms with van der Waals surface area (Å²) in [7, 11) is 0. The number of fused-ring (bicyclic) bond motifs is 1. The van der Waals surface area contributed by atoms with E-state index in [9.17, 15) is 9.50 Å². The van der Waals surface area contributed by atoms with Crippen molar-refractivity contribution in [2.24, 2.45) is 0 Å². The minimum atomic E-state index is -0.945. The molecule has 0 saturated heterocycles. The van der Waals surface area contributed by atoms with Crippen molar-refractivity contribution in [1.82, 2.24) is 0 Å². The summed E-state index contributed by atoms with van der Waals surface area (Å²) in [4.78, 5) is 0. The SMILES string of the molecule is OC(c1ccc2c(c1)CCCC2)c1ccc(Cl)cc1F. The fourth-order valence-electron chi connectivity index (χ4n) is 2.83. The monoisotopic (exact) mass is 290 g/mol. The normalized spacial score (nSPS) is 15.8. The highest BCUT2D eigenvalue weighted by Gasteiger charge is 2.17. The van der Waals surface area contributed by atoms with E-state index in [1.807, 2.05) is 12.1 Å². The van der Waals surface area contributed by atoms with E-state index in [-0.39, 0.29) is 5.56 Å². The molecule has 1 atom stereocenters. The second-order valence-electron chi connectivity index (χ2n) is 5.30. The lowest BCUT2D eigenvalue weighted by Crippen LogP contribution is -2.07. The molecule has 3 rings (SSSR count). The van der Waals surface area contributed by atoms with Crippen LogP contribution >= 0.6 is 11.6 Å². The minimum Gasteiger partial charge on any atom is -0.384 e. The van der Waals surface area contributed by atoms with E-state index in [0.29, 0.717) is 5.02 Å². The Kier molecular flexibility index (Phi) is 3.77. The van der Waals surface area contributed by atoms with E-state index in [2.05, 4.69) is 6.07 Å². The Balaban J connectivity index is 1.95. The maximum atomic E-state index is 13.9. The number of halogens is 2. The summed E-state index contributed by atoms with van der Waals surface area (Å²) < 4.78 is 13.9. The van der Waals surface area contributed by atoms with Crippen LogP contribution in [0.25, 0.3) is 0 Å². The molecular formula is C17H16ClFO. The number of aliphatic hydroxyl groups excluding tert-OH is 1. The maximum Gasteiger partial charge on any atom is 0.130 e. The van der Waals surface area contributed by atoms with Crippen LogP contribution in [0.4, 0.5) is 4.39 Å². The van der Waals surface area contributed by atoms with Crippen LogP contribution in [0, 0.1) is 5.82 Å². The first-order valence-corrected chi connectivity index (χ1v) is 7.27. The van der Waals surface area contributed by atoms with Crippen molar-refractivity contribution in [1.29, 1.82) is 0 Å². The summed E-state index contributed by atoms with van der Waals surface area (Å²) in [6.45, 7) is 0. The van der Waals surface area contributed by atoms with Crippen molar-refractivity contribution < 1.29 is 9.50 Å². The Morgan fingerprint density at radius 1 is 1.00 bits per heavy atom. The van der Waals surface area contributed by atoms with E-state index < -0.39 is 11.9 Å². The zero-order chi connectivity index (χ0) is 14.1. The third kappa shape index (κ3) is 2.58. The molecule has 1 aliphatic carbocycles. The Labute approximate surface area is 123 Å². The molecule has 20 heavy (non-hydrogen) atoms. The first-order valence-electron chi connectivity index (χ1n) is 6.90. The molecule has 0 aromatic heterocycles. The van der Waals surface area contributed by atoms with Crippen LogP contribution in [0.5, 0.6) is 0 Å². The molecule has 1 N–H and O–H groups in total. The Bertz CT molecular complexity index is 639. The van der Waals surface area contributed by atoms with Crippen molar-refractivity contribution in [3.63, 3.8) is 0 Å². The zero-order valence-electron chi connectivity index (χ0n) is 11.1. The van der Waals surface area contributed by atoms with E-state index in [0.717, 1.165) is 18.4 Å². The van der Waals surface area contributed by atoms with Gasteiger partial charge in [0.2, 0.25) is 0 Å². The van der Waals surface area contributed by atoms with Crippen molar-refractivity contribution in [3.05, 3.63) is 69.5 Å². The third-order valence-electron chi connectivity index (χ3n) is 3.95. The number of rotatable bonds is 2.